The third kappa shape index (κ3) is 3.13. The lowest BCUT2D eigenvalue weighted by molar-refractivity contribution is -0.254. The smallest absolute Gasteiger partial charge is 0.173 e. The van der Waals surface area contributed by atoms with E-state index in [2.05, 4.69) is 5.32 Å². The summed E-state index contributed by atoms with van der Waals surface area (Å²) >= 11 is 0. The van der Waals surface area contributed by atoms with E-state index < -0.39 is 37.3 Å². The van der Waals surface area contributed by atoms with E-state index in [0.717, 1.165) is 12.8 Å². The van der Waals surface area contributed by atoms with Crippen molar-refractivity contribution >= 4 is 0 Å². The van der Waals surface area contributed by atoms with Crippen LogP contribution in [-0.4, -0.2) is 64.2 Å². The van der Waals surface area contributed by atoms with Crippen molar-refractivity contribution in [3.63, 3.8) is 0 Å². The van der Waals surface area contributed by atoms with E-state index in [-0.39, 0.29) is 0 Å². The number of ether oxygens (including phenoxy) is 1. The third-order valence-corrected chi connectivity index (χ3v) is 2.81. The topological polar surface area (TPSA) is 102 Å². The van der Waals surface area contributed by atoms with Crippen molar-refractivity contribution in [1.82, 2.24) is 5.32 Å². The van der Waals surface area contributed by atoms with E-state index in [4.69, 9.17) is 9.84 Å². The molecular formula is C10H21NO5. The molecular weight excluding hydrogens is 214 g/mol. The Bertz CT molecular complexity index is 204. The summed E-state index contributed by atoms with van der Waals surface area (Å²) in [5, 5.41) is 40.7. The zero-order valence-corrected chi connectivity index (χ0v) is 9.41. The van der Waals surface area contributed by atoms with Crippen molar-refractivity contribution in [2.45, 2.75) is 50.4 Å². The predicted molar refractivity (Wildman–Crippen MR) is 56.7 cm³/mol. The van der Waals surface area contributed by atoms with E-state index in [1.807, 2.05) is 6.92 Å². The standard InChI is InChI=1S/C10H21NO5/c1-2-3-4-11-7-9(14)8(13)6(5-12)16-10(7)15/h6-15H,2-5H2,1H3/t6-,7+,8-,9-,10?/m1/s1. The minimum absolute atomic E-state index is 0.434. The summed E-state index contributed by atoms with van der Waals surface area (Å²) in [4.78, 5) is 0. The minimum Gasteiger partial charge on any atom is -0.394 e. The molecule has 16 heavy (non-hydrogen) atoms. The summed E-state index contributed by atoms with van der Waals surface area (Å²) in [5.74, 6) is 0. The molecule has 6 nitrogen and oxygen atoms in total. The van der Waals surface area contributed by atoms with Crippen LogP contribution in [0.2, 0.25) is 0 Å². The Morgan fingerprint density at radius 2 is 1.88 bits per heavy atom. The second-order valence-electron chi connectivity index (χ2n) is 4.06. The lowest BCUT2D eigenvalue weighted by Gasteiger charge is -2.40. The van der Waals surface area contributed by atoms with Crippen LogP contribution < -0.4 is 5.32 Å². The van der Waals surface area contributed by atoms with Gasteiger partial charge in [-0.1, -0.05) is 13.3 Å². The van der Waals surface area contributed by atoms with E-state index in [1.165, 1.54) is 0 Å². The fourth-order valence-electron chi connectivity index (χ4n) is 1.76. The summed E-state index contributed by atoms with van der Waals surface area (Å²) in [6.07, 6.45) is -2.57. The molecule has 1 fully saturated rings. The average Bonchev–Trinajstić information content (AvgIpc) is 2.28. The highest BCUT2D eigenvalue weighted by Crippen LogP contribution is 2.19. The molecule has 1 rings (SSSR count). The summed E-state index contributed by atoms with van der Waals surface area (Å²) < 4.78 is 4.99. The largest absolute Gasteiger partial charge is 0.394 e. The molecule has 1 aliphatic rings. The lowest BCUT2D eigenvalue weighted by atomic mass is 9.97. The van der Waals surface area contributed by atoms with Crippen molar-refractivity contribution in [2.24, 2.45) is 0 Å². The quantitative estimate of drug-likeness (QED) is 0.359. The third-order valence-electron chi connectivity index (χ3n) is 2.81. The molecule has 6 heteroatoms. The Labute approximate surface area is 94.9 Å². The monoisotopic (exact) mass is 235 g/mol. The lowest BCUT2D eigenvalue weighted by Crippen LogP contribution is -2.63. The number of hydrogen-bond donors (Lipinski definition) is 5. The van der Waals surface area contributed by atoms with Crippen LogP contribution in [0.1, 0.15) is 19.8 Å². The number of hydrogen-bond acceptors (Lipinski definition) is 6. The molecule has 0 radical (unpaired) electrons. The zero-order valence-electron chi connectivity index (χ0n) is 9.41. The van der Waals surface area contributed by atoms with Crippen molar-refractivity contribution in [2.75, 3.05) is 13.2 Å². The van der Waals surface area contributed by atoms with Crippen molar-refractivity contribution in [3.05, 3.63) is 0 Å². The van der Waals surface area contributed by atoms with Gasteiger partial charge in [-0.05, 0) is 13.0 Å². The Morgan fingerprint density at radius 3 is 2.44 bits per heavy atom. The molecule has 0 saturated carbocycles. The van der Waals surface area contributed by atoms with E-state index in [1.54, 1.807) is 0 Å². The van der Waals surface area contributed by atoms with Crippen molar-refractivity contribution in [3.8, 4) is 0 Å². The molecule has 96 valence electrons. The summed E-state index contributed by atoms with van der Waals surface area (Å²) in [6.45, 7) is 2.23. The SMILES string of the molecule is CCCCN[C@@H]1C(O)O[C@H](CO)[C@@H](O)[C@@H]1O. The molecule has 1 saturated heterocycles. The van der Waals surface area contributed by atoms with Crippen LogP contribution in [0.4, 0.5) is 0 Å². The second kappa shape index (κ2) is 6.48. The van der Waals surface area contributed by atoms with Gasteiger partial charge in [-0.25, -0.2) is 0 Å². The van der Waals surface area contributed by atoms with Crippen LogP contribution in [0, 0.1) is 0 Å². The van der Waals surface area contributed by atoms with Gasteiger partial charge < -0.3 is 30.5 Å². The zero-order chi connectivity index (χ0) is 12.1. The van der Waals surface area contributed by atoms with E-state index in [0.29, 0.717) is 6.54 Å². The van der Waals surface area contributed by atoms with Gasteiger partial charge in [0.15, 0.2) is 6.29 Å². The average molecular weight is 235 g/mol. The van der Waals surface area contributed by atoms with Gasteiger partial charge in [0, 0.05) is 0 Å². The Morgan fingerprint density at radius 1 is 1.19 bits per heavy atom. The number of aliphatic hydroxyl groups is 4. The Balaban J connectivity index is 2.50. The van der Waals surface area contributed by atoms with Crippen LogP contribution in [-0.2, 0) is 4.74 Å². The maximum absolute atomic E-state index is 9.75. The summed E-state index contributed by atoms with van der Waals surface area (Å²) in [7, 11) is 0. The molecule has 0 aromatic rings. The number of aliphatic hydroxyl groups excluding tert-OH is 4. The molecule has 0 aromatic heterocycles. The van der Waals surface area contributed by atoms with Crippen LogP contribution in [0.25, 0.3) is 0 Å². The maximum Gasteiger partial charge on any atom is 0.173 e. The van der Waals surface area contributed by atoms with Gasteiger partial charge in [-0.2, -0.15) is 0 Å². The normalized spacial score (nSPS) is 39.9. The number of unbranched alkanes of at least 4 members (excludes halogenated alkanes) is 1. The Kier molecular flexibility index (Phi) is 5.60. The molecule has 0 aliphatic carbocycles. The molecule has 0 bridgehead atoms. The van der Waals surface area contributed by atoms with Crippen molar-refractivity contribution in [1.29, 1.82) is 0 Å². The van der Waals surface area contributed by atoms with Gasteiger partial charge in [0.2, 0.25) is 0 Å². The second-order valence-corrected chi connectivity index (χ2v) is 4.06. The first-order valence-corrected chi connectivity index (χ1v) is 5.65. The van der Waals surface area contributed by atoms with Crippen molar-refractivity contribution < 1.29 is 25.2 Å². The molecule has 5 atom stereocenters. The predicted octanol–water partition coefficient (Wildman–Crippen LogP) is -1.82. The van der Waals surface area contributed by atoms with Crippen LogP contribution in [0.5, 0.6) is 0 Å². The van der Waals surface area contributed by atoms with Gasteiger partial charge in [-0.3, -0.25) is 0 Å². The molecule has 0 aromatic carbocycles. The molecule has 1 unspecified atom stereocenters. The van der Waals surface area contributed by atoms with Gasteiger partial charge in [0.05, 0.1) is 12.6 Å². The van der Waals surface area contributed by atoms with Gasteiger partial charge in [-0.15, -0.1) is 0 Å². The fourth-order valence-corrected chi connectivity index (χ4v) is 1.76. The van der Waals surface area contributed by atoms with Gasteiger partial charge >= 0.3 is 0 Å². The molecule has 1 aliphatic heterocycles. The highest BCUT2D eigenvalue weighted by molar-refractivity contribution is 4.92. The first kappa shape index (κ1) is 13.8. The fraction of sp³-hybridized carbons (Fsp3) is 1.00. The van der Waals surface area contributed by atoms with Crippen LogP contribution in [0.3, 0.4) is 0 Å². The van der Waals surface area contributed by atoms with Gasteiger partial charge in [0.1, 0.15) is 18.3 Å². The molecule has 0 amide bonds. The summed E-state index contributed by atoms with van der Waals surface area (Å²) in [5.41, 5.74) is 0. The maximum atomic E-state index is 9.75. The number of rotatable bonds is 5. The van der Waals surface area contributed by atoms with Crippen LogP contribution >= 0.6 is 0 Å². The van der Waals surface area contributed by atoms with E-state index >= 15 is 0 Å². The first-order chi connectivity index (χ1) is 7.61. The summed E-state index contributed by atoms with van der Waals surface area (Å²) in [6, 6.07) is -0.718. The number of nitrogens with one attached hydrogen (secondary N) is 1. The van der Waals surface area contributed by atoms with E-state index in [9.17, 15) is 15.3 Å². The molecule has 1 heterocycles. The molecule has 0 spiro atoms. The first-order valence-electron chi connectivity index (χ1n) is 5.65. The highest BCUT2D eigenvalue weighted by atomic mass is 16.6. The van der Waals surface area contributed by atoms with Crippen LogP contribution in [0.15, 0.2) is 0 Å². The molecule has 5 N–H and O–H groups in total. The van der Waals surface area contributed by atoms with Gasteiger partial charge in [0.25, 0.3) is 0 Å². The Hall–Kier alpha value is -0.240. The minimum atomic E-state index is -1.22. The highest BCUT2D eigenvalue weighted by Gasteiger charge is 2.43.